The Bertz CT molecular complexity index is 412. The smallest absolute Gasteiger partial charge is 0.234 e. The summed E-state index contributed by atoms with van der Waals surface area (Å²) in [6.45, 7) is 7.68. The second-order valence-electron chi connectivity index (χ2n) is 6.39. The molecule has 1 aromatic rings. The molecule has 0 unspecified atom stereocenters. The Hall–Kier alpha value is -1.29. The van der Waals surface area contributed by atoms with E-state index < -0.39 is 0 Å². The van der Waals surface area contributed by atoms with Gasteiger partial charge < -0.3 is 15.1 Å². The average molecular weight is 264 g/mol. The second kappa shape index (κ2) is 5.78. The van der Waals surface area contributed by atoms with Crippen molar-refractivity contribution in [3.8, 4) is 0 Å². The van der Waals surface area contributed by atoms with E-state index in [1.807, 2.05) is 12.1 Å². The first-order valence-electron chi connectivity index (χ1n) is 6.99. The molecule has 0 saturated heterocycles. The lowest BCUT2D eigenvalue weighted by Gasteiger charge is -2.18. The van der Waals surface area contributed by atoms with Gasteiger partial charge >= 0.3 is 0 Å². The summed E-state index contributed by atoms with van der Waals surface area (Å²) in [6, 6.07) is 4.13. The molecule has 1 saturated carbocycles. The largest absolute Gasteiger partial charge is 0.467 e. The maximum absolute atomic E-state index is 11.7. The van der Waals surface area contributed by atoms with Crippen LogP contribution in [0.1, 0.15) is 39.4 Å². The van der Waals surface area contributed by atoms with Crippen LogP contribution in [0.5, 0.6) is 0 Å². The van der Waals surface area contributed by atoms with Gasteiger partial charge in [-0.2, -0.15) is 0 Å². The molecule has 0 radical (unpaired) electrons. The van der Waals surface area contributed by atoms with E-state index in [1.165, 1.54) is 6.42 Å². The number of furan rings is 1. The van der Waals surface area contributed by atoms with Crippen LogP contribution in [-0.4, -0.2) is 18.5 Å². The summed E-state index contributed by atoms with van der Waals surface area (Å²) in [5.41, 5.74) is 0.391. The monoisotopic (exact) mass is 264 g/mol. The van der Waals surface area contributed by atoms with Gasteiger partial charge in [0.25, 0.3) is 0 Å². The van der Waals surface area contributed by atoms with Crippen molar-refractivity contribution in [3.63, 3.8) is 0 Å². The normalized spacial score (nSPS) is 25.4. The highest BCUT2D eigenvalue weighted by Crippen LogP contribution is 2.40. The number of rotatable bonds is 5. The lowest BCUT2D eigenvalue weighted by atomic mass is 9.91. The van der Waals surface area contributed by atoms with E-state index in [9.17, 15) is 4.79 Å². The molecular formula is C15H24N2O2. The Morgan fingerprint density at radius 3 is 2.84 bits per heavy atom. The number of hydrogen-bond donors (Lipinski definition) is 2. The maximum atomic E-state index is 11.7. The Morgan fingerprint density at radius 1 is 1.47 bits per heavy atom. The van der Waals surface area contributed by atoms with Crippen LogP contribution in [0.25, 0.3) is 0 Å². The SMILES string of the molecule is C[C@@H]1CC(C)(C)C[C@H]1NCC(=O)NCc1ccco1. The maximum Gasteiger partial charge on any atom is 0.234 e. The van der Waals surface area contributed by atoms with Gasteiger partial charge in [0.05, 0.1) is 19.4 Å². The molecule has 0 aliphatic heterocycles. The molecule has 2 N–H and O–H groups in total. The molecule has 0 bridgehead atoms. The number of amides is 1. The van der Waals surface area contributed by atoms with Crippen molar-refractivity contribution >= 4 is 5.91 Å². The van der Waals surface area contributed by atoms with Crippen LogP contribution in [0.15, 0.2) is 22.8 Å². The summed E-state index contributed by atoms with van der Waals surface area (Å²) in [6.07, 6.45) is 3.97. The van der Waals surface area contributed by atoms with Gasteiger partial charge in [-0.1, -0.05) is 20.8 Å². The molecule has 4 nitrogen and oxygen atoms in total. The second-order valence-corrected chi connectivity index (χ2v) is 6.39. The topological polar surface area (TPSA) is 54.3 Å². The molecule has 1 aromatic heterocycles. The van der Waals surface area contributed by atoms with Crippen LogP contribution in [0.4, 0.5) is 0 Å². The van der Waals surface area contributed by atoms with E-state index in [4.69, 9.17) is 4.42 Å². The van der Waals surface area contributed by atoms with Gasteiger partial charge in [-0.05, 0) is 36.3 Å². The summed E-state index contributed by atoms with van der Waals surface area (Å²) in [7, 11) is 0. The highest BCUT2D eigenvalue weighted by Gasteiger charge is 2.36. The zero-order valence-electron chi connectivity index (χ0n) is 12.0. The first-order valence-corrected chi connectivity index (χ1v) is 6.99. The van der Waals surface area contributed by atoms with Gasteiger partial charge in [-0.3, -0.25) is 4.79 Å². The lowest BCUT2D eigenvalue weighted by molar-refractivity contribution is -0.120. The molecule has 1 fully saturated rings. The van der Waals surface area contributed by atoms with Gasteiger partial charge in [0.1, 0.15) is 5.76 Å². The van der Waals surface area contributed by atoms with Crippen LogP contribution in [-0.2, 0) is 11.3 Å². The minimum atomic E-state index is 0.0216. The van der Waals surface area contributed by atoms with E-state index in [1.54, 1.807) is 6.26 Å². The van der Waals surface area contributed by atoms with Crippen LogP contribution < -0.4 is 10.6 Å². The molecule has 1 aliphatic carbocycles. The first-order chi connectivity index (χ1) is 8.96. The highest BCUT2D eigenvalue weighted by atomic mass is 16.3. The third-order valence-electron chi connectivity index (χ3n) is 3.90. The van der Waals surface area contributed by atoms with Crippen LogP contribution in [0.2, 0.25) is 0 Å². The minimum Gasteiger partial charge on any atom is -0.467 e. The predicted molar refractivity (Wildman–Crippen MR) is 74.5 cm³/mol. The summed E-state index contributed by atoms with van der Waals surface area (Å²) < 4.78 is 5.17. The van der Waals surface area contributed by atoms with Crippen molar-refractivity contribution in [3.05, 3.63) is 24.2 Å². The highest BCUT2D eigenvalue weighted by molar-refractivity contribution is 5.77. The van der Waals surface area contributed by atoms with Crippen molar-refractivity contribution in [2.75, 3.05) is 6.54 Å². The standard InChI is InChI=1S/C15H24N2O2/c1-11-7-15(2,3)8-13(11)16-10-14(18)17-9-12-5-4-6-19-12/h4-6,11,13,16H,7-10H2,1-3H3,(H,17,18)/t11-,13-/m1/s1. The van der Waals surface area contributed by atoms with Crippen molar-refractivity contribution in [2.45, 2.75) is 46.2 Å². The third-order valence-corrected chi connectivity index (χ3v) is 3.90. The molecule has 2 rings (SSSR count). The summed E-state index contributed by atoms with van der Waals surface area (Å²) in [5.74, 6) is 1.44. The van der Waals surface area contributed by atoms with Gasteiger partial charge in [0.2, 0.25) is 5.91 Å². The van der Waals surface area contributed by atoms with E-state index in [0.717, 1.165) is 12.2 Å². The number of nitrogens with one attached hydrogen (secondary N) is 2. The molecule has 1 amide bonds. The fourth-order valence-electron chi connectivity index (χ4n) is 3.05. The third kappa shape index (κ3) is 4.10. The van der Waals surface area contributed by atoms with Crippen molar-refractivity contribution in [2.24, 2.45) is 11.3 Å². The Labute approximate surface area is 114 Å². The Morgan fingerprint density at radius 2 is 2.26 bits per heavy atom. The molecule has 0 spiro atoms. The summed E-state index contributed by atoms with van der Waals surface area (Å²) in [4.78, 5) is 11.7. The van der Waals surface area contributed by atoms with E-state index in [0.29, 0.717) is 30.5 Å². The predicted octanol–water partition coefficient (Wildman–Crippen LogP) is 2.31. The fraction of sp³-hybridized carbons (Fsp3) is 0.667. The molecule has 1 heterocycles. The minimum absolute atomic E-state index is 0.0216. The van der Waals surface area contributed by atoms with Crippen molar-refractivity contribution in [1.29, 1.82) is 0 Å². The molecule has 19 heavy (non-hydrogen) atoms. The molecular weight excluding hydrogens is 240 g/mol. The molecule has 1 aliphatic rings. The van der Waals surface area contributed by atoms with Gasteiger partial charge in [-0.15, -0.1) is 0 Å². The first kappa shape index (κ1) is 14.1. The summed E-state index contributed by atoms with van der Waals surface area (Å²) in [5, 5.41) is 6.22. The molecule has 2 atom stereocenters. The lowest BCUT2D eigenvalue weighted by Crippen LogP contribution is -2.40. The van der Waals surface area contributed by atoms with Gasteiger partial charge in [-0.25, -0.2) is 0 Å². The zero-order chi connectivity index (χ0) is 13.9. The van der Waals surface area contributed by atoms with E-state index in [-0.39, 0.29) is 5.91 Å². The van der Waals surface area contributed by atoms with E-state index >= 15 is 0 Å². The van der Waals surface area contributed by atoms with Crippen molar-refractivity contribution in [1.82, 2.24) is 10.6 Å². The van der Waals surface area contributed by atoms with Gasteiger partial charge in [0.15, 0.2) is 0 Å². The van der Waals surface area contributed by atoms with E-state index in [2.05, 4.69) is 31.4 Å². The molecule has 4 heteroatoms. The zero-order valence-corrected chi connectivity index (χ0v) is 12.0. The van der Waals surface area contributed by atoms with Crippen LogP contribution in [0.3, 0.4) is 0 Å². The van der Waals surface area contributed by atoms with Gasteiger partial charge in [0, 0.05) is 6.04 Å². The van der Waals surface area contributed by atoms with Crippen LogP contribution in [0, 0.1) is 11.3 Å². The number of carbonyl (C=O) groups excluding carboxylic acids is 1. The van der Waals surface area contributed by atoms with Crippen LogP contribution >= 0.6 is 0 Å². The Balaban J connectivity index is 1.69. The quantitative estimate of drug-likeness (QED) is 0.858. The summed E-state index contributed by atoms with van der Waals surface area (Å²) >= 11 is 0. The fourth-order valence-corrected chi connectivity index (χ4v) is 3.05. The number of carbonyl (C=O) groups is 1. The Kier molecular flexibility index (Phi) is 4.30. The van der Waals surface area contributed by atoms with Crippen molar-refractivity contribution < 1.29 is 9.21 Å². The molecule has 0 aromatic carbocycles. The molecule has 106 valence electrons. The number of hydrogen-bond acceptors (Lipinski definition) is 3. The average Bonchev–Trinajstić information content (AvgIpc) is 2.91.